The van der Waals surface area contributed by atoms with Gasteiger partial charge >= 0.3 is 0 Å². The van der Waals surface area contributed by atoms with Gasteiger partial charge < -0.3 is 9.64 Å². The Bertz CT molecular complexity index is 982. The third-order valence-electron chi connectivity index (χ3n) is 5.80. The summed E-state index contributed by atoms with van der Waals surface area (Å²) in [5.74, 6) is -0.356. The highest BCUT2D eigenvalue weighted by atomic mass is 16.5. The van der Waals surface area contributed by atoms with Gasteiger partial charge in [0.2, 0.25) is 5.91 Å². The molecule has 0 saturated carbocycles. The Morgan fingerprint density at radius 3 is 2.42 bits per heavy atom. The minimum atomic E-state index is -0.198. The van der Waals surface area contributed by atoms with Gasteiger partial charge in [-0.2, -0.15) is 5.10 Å². The molecule has 0 aromatic heterocycles. The second-order valence-electron chi connectivity index (χ2n) is 8.15. The van der Waals surface area contributed by atoms with Crippen molar-refractivity contribution in [2.75, 3.05) is 26.8 Å². The summed E-state index contributed by atoms with van der Waals surface area (Å²) in [5.41, 5.74) is 6.52. The maximum atomic E-state index is 13.3. The average Bonchev–Trinajstić information content (AvgIpc) is 3.19. The molecule has 0 spiro atoms. The Morgan fingerprint density at radius 1 is 1.10 bits per heavy atom. The van der Waals surface area contributed by atoms with Gasteiger partial charge in [0.05, 0.1) is 18.4 Å². The molecule has 0 fully saturated rings. The Hall–Kier alpha value is -2.99. The zero-order valence-electron chi connectivity index (χ0n) is 19.0. The van der Waals surface area contributed by atoms with Crippen LogP contribution in [0, 0.1) is 20.8 Å². The molecule has 0 unspecified atom stereocenters. The fraction of sp³-hybridized carbons (Fsp3) is 0.400. The number of benzene rings is 2. The lowest BCUT2D eigenvalue weighted by molar-refractivity contribution is -0.141. The topological polar surface area (TPSA) is 62.2 Å². The summed E-state index contributed by atoms with van der Waals surface area (Å²) in [6, 6.07) is 14.3. The zero-order chi connectivity index (χ0) is 22.5. The molecule has 0 saturated heterocycles. The van der Waals surface area contributed by atoms with Gasteiger partial charge in [-0.05, 0) is 49.1 Å². The molecule has 6 heteroatoms. The molecule has 31 heavy (non-hydrogen) atoms. The molecule has 2 aromatic carbocycles. The summed E-state index contributed by atoms with van der Waals surface area (Å²) in [6.07, 6.45) is 0.634. The van der Waals surface area contributed by atoms with Gasteiger partial charge in [0, 0.05) is 27.0 Å². The summed E-state index contributed by atoms with van der Waals surface area (Å²) in [5, 5.41) is 6.29. The smallest absolute Gasteiger partial charge is 0.262 e. The number of hydrazone groups is 1. The van der Waals surface area contributed by atoms with E-state index < -0.39 is 0 Å². The normalized spacial score (nSPS) is 15.7. The maximum Gasteiger partial charge on any atom is 0.262 e. The number of amides is 2. The van der Waals surface area contributed by atoms with Crippen molar-refractivity contribution in [3.05, 3.63) is 70.3 Å². The van der Waals surface area contributed by atoms with Crippen LogP contribution in [0.3, 0.4) is 0 Å². The standard InChI is InChI=1S/C25H31N3O3/c1-17-6-9-21(10-7-17)24-15-23(22-11-8-18(2)19(3)14-22)26-28(24)25(30)16-27(20(4)29)12-13-31-5/h6-11,14,24H,12-13,15-16H2,1-5H3/t24-/m1/s1. The second kappa shape index (κ2) is 9.88. The van der Waals surface area contributed by atoms with Gasteiger partial charge in [-0.15, -0.1) is 0 Å². The van der Waals surface area contributed by atoms with E-state index in [2.05, 4.69) is 32.0 Å². The van der Waals surface area contributed by atoms with Gasteiger partial charge in [0.25, 0.3) is 5.91 Å². The number of rotatable bonds is 7. The van der Waals surface area contributed by atoms with E-state index in [1.807, 2.05) is 31.2 Å². The zero-order valence-corrected chi connectivity index (χ0v) is 19.0. The van der Waals surface area contributed by atoms with Gasteiger partial charge in [-0.25, -0.2) is 5.01 Å². The molecule has 1 aliphatic heterocycles. The Kier molecular flexibility index (Phi) is 7.23. The molecule has 1 aliphatic rings. The van der Waals surface area contributed by atoms with Crippen molar-refractivity contribution in [2.24, 2.45) is 5.10 Å². The summed E-state index contributed by atoms with van der Waals surface area (Å²) in [4.78, 5) is 26.8. The van der Waals surface area contributed by atoms with Crippen molar-refractivity contribution in [3.63, 3.8) is 0 Å². The summed E-state index contributed by atoms with van der Waals surface area (Å²) >= 11 is 0. The number of ether oxygens (including phenoxy) is 1. The monoisotopic (exact) mass is 421 g/mol. The molecule has 0 N–H and O–H groups in total. The molecule has 2 aromatic rings. The van der Waals surface area contributed by atoms with Crippen molar-refractivity contribution in [1.29, 1.82) is 0 Å². The first-order chi connectivity index (χ1) is 14.8. The second-order valence-corrected chi connectivity index (χ2v) is 8.15. The van der Waals surface area contributed by atoms with Crippen molar-refractivity contribution < 1.29 is 14.3 Å². The van der Waals surface area contributed by atoms with Crippen LogP contribution < -0.4 is 0 Å². The van der Waals surface area contributed by atoms with E-state index in [0.717, 1.165) is 22.4 Å². The van der Waals surface area contributed by atoms with Crippen LogP contribution in [0.15, 0.2) is 47.6 Å². The fourth-order valence-corrected chi connectivity index (χ4v) is 3.67. The molecule has 0 radical (unpaired) electrons. The number of carbonyl (C=O) groups is 2. The molecule has 2 amide bonds. The van der Waals surface area contributed by atoms with Crippen LogP contribution in [-0.4, -0.2) is 54.2 Å². The highest BCUT2D eigenvalue weighted by Gasteiger charge is 2.34. The largest absolute Gasteiger partial charge is 0.383 e. The first-order valence-corrected chi connectivity index (χ1v) is 10.6. The average molecular weight is 422 g/mol. The highest BCUT2D eigenvalue weighted by Crippen LogP contribution is 2.33. The number of methoxy groups -OCH3 is 1. The van der Waals surface area contributed by atoms with E-state index in [-0.39, 0.29) is 24.4 Å². The van der Waals surface area contributed by atoms with Crippen molar-refractivity contribution in [3.8, 4) is 0 Å². The van der Waals surface area contributed by atoms with Gasteiger partial charge in [-0.1, -0.05) is 42.0 Å². The summed E-state index contributed by atoms with van der Waals surface area (Å²) in [6.45, 7) is 8.39. The van der Waals surface area contributed by atoms with Crippen LogP contribution in [0.2, 0.25) is 0 Å². The van der Waals surface area contributed by atoms with Crippen molar-refractivity contribution in [2.45, 2.75) is 40.2 Å². The number of hydrogen-bond donors (Lipinski definition) is 0. The third-order valence-corrected chi connectivity index (χ3v) is 5.80. The van der Waals surface area contributed by atoms with Crippen LogP contribution in [0.4, 0.5) is 0 Å². The quantitative estimate of drug-likeness (QED) is 0.683. The third kappa shape index (κ3) is 5.39. The van der Waals surface area contributed by atoms with Gasteiger partial charge in [0.15, 0.2) is 0 Å². The number of aryl methyl sites for hydroxylation is 3. The molecule has 3 rings (SSSR count). The lowest BCUT2D eigenvalue weighted by Crippen LogP contribution is -2.41. The fourth-order valence-electron chi connectivity index (χ4n) is 3.67. The predicted molar refractivity (Wildman–Crippen MR) is 122 cm³/mol. The molecule has 6 nitrogen and oxygen atoms in total. The van der Waals surface area contributed by atoms with E-state index in [0.29, 0.717) is 19.6 Å². The summed E-state index contributed by atoms with van der Waals surface area (Å²) in [7, 11) is 1.58. The van der Waals surface area contributed by atoms with E-state index in [1.54, 1.807) is 12.1 Å². The van der Waals surface area contributed by atoms with E-state index in [4.69, 9.17) is 9.84 Å². The first-order valence-electron chi connectivity index (χ1n) is 10.6. The van der Waals surface area contributed by atoms with Crippen molar-refractivity contribution >= 4 is 17.5 Å². The highest BCUT2D eigenvalue weighted by molar-refractivity contribution is 6.03. The number of hydrogen-bond acceptors (Lipinski definition) is 4. The molecular formula is C25H31N3O3. The van der Waals surface area contributed by atoms with Crippen LogP contribution in [0.5, 0.6) is 0 Å². The van der Waals surface area contributed by atoms with Crippen LogP contribution in [0.1, 0.15) is 47.2 Å². The lowest BCUT2D eigenvalue weighted by atomic mass is 9.96. The first kappa shape index (κ1) is 22.7. The molecule has 0 aliphatic carbocycles. The van der Waals surface area contributed by atoms with Gasteiger partial charge in [0.1, 0.15) is 6.54 Å². The minimum absolute atomic E-state index is 0.0231. The predicted octanol–water partition coefficient (Wildman–Crippen LogP) is 3.78. The molecule has 1 atom stereocenters. The summed E-state index contributed by atoms with van der Waals surface area (Å²) < 4.78 is 5.08. The minimum Gasteiger partial charge on any atom is -0.383 e. The molecular weight excluding hydrogens is 390 g/mol. The number of nitrogens with zero attached hydrogens (tertiary/aromatic N) is 3. The molecule has 164 valence electrons. The Balaban J connectivity index is 1.91. The molecule has 0 bridgehead atoms. The van der Waals surface area contributed by atoms with Crippen LogP contribution in [0.25, 0.3) is 0 Å². The van der Waals surface area contributed by atoms with Crippen LogP contribution in [-0.2, 0) is 14.3 Å². The van der Waals surface area contributed by atoms with Gasteiger partial charge in [-0.3, -0.25) is 9.59 Å². The molecule has 1 heterocycles. The Labute approximate surface area is 184 Å². The number of carbonyl (C=O) groups excluding carboxylic acids is 2. The lowest BCUT2D eigenvalue weighted by Gasteiger charge is -2.26. The maximum absolute atomic E-state index is 13.3. The van der Waals surface area contributed by atoms with E-state index >= 15 is 0 Å². The van der Waals surface area contributed by atoms with Crippen molar-refractivity contribution in [1.82, 2.24) is 9.91 Å². The Morgan fingerprint density at radius 2 is 1.81 bits per heavy atom. The van der Waals surface area contributed by atoms with E-state index in [9.17, 15) is 9.59 Å². The van der Waals surface area contributed by atoms with Crippen LogP contribution >= 0.6 is 0 Å². The van der Waals surface area contributed by atoms with E-state index in [1.165, 1.54) is 23.0 Å². The SMILES string of the molecule is COCCN(CC(=O)N1N=C(c2ccc(C)c(C)c2)C[C@@H]1c1ccc(C)cc1)C(C)=O.